The number of amides is 1. The maximum Gasteiger partial charge on any atom is 0.348 e. The summed E-state index contributed by atoms with van der Waals surface area (Å²) in [5, 5.41) is 3.64. The van der Waals surface area contributed by atoms with Gasteiger partial charge >= 0.3 is 11.9 Å². The number of benzene rings is 1. The Morgan fingerprint density at radius 1 is 0.970 bits per heavy atom. The molecule has 178 valence electrons. The van der Waals surface area contributed by atoms with Crippen LogP contribution in [0.25, 0.3) is 0 Å². The Morgan fingerprint density at radius 2 is 1.55 bits per heavy atom. The lowest BCUT2D eigenvalue weighted by Crippen LogP contribution is -2.35. The minimum Gasteiger partial charge on any atom is -0.491 e. The second-order valence-electron chi connectivity index (χ2n) is 6.04. The summed E-state index contributed by atoms with van der Waals surface area (Å²) in [5.74, 6) is -12.4. The van der Waals surface area contributed by atoms with Gasteiger partial charge in [0.05, 0.1) is 26.4 Å². The zero-order chi connectivity index (χ0) is 25.0. The molecular formula is C19H16F4N2O6S2. The number of hydrogen-bond acceptors (Lipinski definition) is 8. The van der Waals surface area contributed by atoms with Crippen molar-refractivity contribution in [3.05, 3.63) is 44.8 Å². The average molecular weight is 508 g/mol. The van der Waals surface area contributed by atoms with Crippen molar-refractivity contribution in [3.8, 4) is 5.75 Å². The highest BCUT2D eigenvalue weighted by Crippen LogP contribution is 2.34. The summed E-state index contributed by atoms with van der Waals surface area (Å²) in [7, 11) is 1.91. The molecule has 0 atom stereocenters. The van der Waals surface area contributed by atoms with Crippen LogP contribution in [0, 0.1) is 30.2 Å². The summed E-state index contributed by atoms with van der Waals surface area (Å²) in [6.07, 6.45) is 0. The maximum absolute atomic E-state index is 14.2. The summed E-state index contributed by atoms with van der Waals surface area (Å²) < 4.78 is 69.9. The van der Waals surface area contributed by atoms with E-state index in [1.165, 1.54) is 6.92 Å². The van der Waals surface area contributed by atoms with Crippen LogP contribution >= 0.6 is 23.6 Å². The molecule has 8 nitrogen and oxygen atoms in total. The molecule has 0 saturated carbocycles. The molecule has 1 heterocycles. The Labute approximate surface area is 193 Å². The van der Waals surface area contributed by atoms with Crippen LogP contribution in [0.15, 0.2) is 0 Å². The molecule has 2 N–H and O–H groups in total. The summed E-state index contributed by atoms with van der Waals surface area (Å²) in [6.45, 7) is 3.00. The van der Waals surface area contributed by atoms with Crippen molar-refractivity contribution in [1.29, 1.82) is 0 Å². The number of halogens is 4. The molecule has 0 aliphatic carbocycles. The first-order valence-corrected chi connectivity index (χ1v) is 10.1. The van der Waals surface area contributed by atoms with E-state index < -0.39 is 57.5 Å². The molecule has 14 heteroatoms. The third kappa shape index (κ3) is 5.06. The molecule has 0 radical (unpaired) electrons. The summed E-state index contributed by atoms with van der Waals surface area (Å²) in [5.41, 5.74) is -1.49. The van der Waals surface area contributed by atoms with Crippen molar-refractivity contribution < 1.29 is 46.2 Å². The molecule has 0 spiro atoms. The molecule has 0 bridgehead atoms. The highest BCUT2D eigenvalue weighted by molar-refractivity contribution is 7.80. The lowest BCUT2D eigenvalue weighted by Gasteiger charge is -2.13. The van der Waals surface area contributed by atoms with Crippen LogP contribution in [-0.4, -0.2) is 43.8 Å². The molecule has 2 aromatic rings. The van der Waals surface area contributed by atoms with Crippen LogP contribution in [0.5, 0.6) is 5.75 Å². The predicted octanol–water partition coefficient (Wildman–Crippen LogP) is 3.71. The first-order valence-electron chi connectivity index (χ1n) is 8.91. The minimum absolute atomic E-state index is 0.00938. The summed E-state index contributed by atoms with van der Waals surface area (Å²) in [6, 6.07) is 0. The van der Waals surface area contributed by atoms with Crippen molar-refractivity contribution in [2.45, 2.75) is 13.8 Å². The lowest BCUT2D eigenvalue weighted by atomic mass is 10.1. The number of rotatable bonds is 6. The van der Waals surface area contributed by atoms with Gasteiger partial charge in [0.25, 0.3) is 5.91 Å². The Hall–Kier alpha value is -3.26. The van der Waals surface area contributed by atoms with Crippen LogP contribution in [0.3, 0.4) is 0 Å². The molecule has 2 rings (SSSR count). The standard InChI is InChI=1S/C19H16F4N2O6S2/c1-5-31-17(27)7-6(2)14(18(28)30-4)33-16(7)25-19(32)24-15(26)8-9(20)11(22)13(29-3)12(23)10(8)21/h5H2,1-4H3,(H2,24,25,26,32). The van der Waals surface area contributed by atoms with E-state index in [0.717, 1.165) is 25.6 Å². The second-order valence-corrected chi connectivity index (χ2v) is 7.47. The van der Waals surface area contributed by atoms with Gasteiger partial charge in [-0.15, -0.1) is 11.3 Å². The Balaban J connectivity index is 2.38. The summed E-state index contributed by atoms with van der Waals surface area (Å²) >= 11 is 5.64. The van der Waals surface area contributed by atoms with Crippen molar-refractivity contribution in [2.24, 2.45) is 0 Å². The van der Waals surface area contributed by atoms with Crippen LogP contribution in [0.1, 0.15) is 42.9 Å². The monoisotopic (exact) mass is 508 g/mol. The predicted molar refractivity (Wildman–Crippen MR) is 113 cm³/mol. The number of anilines is 1. The van der Waals surface area contributed by atoms with Crippen molar-refractivity contribution >= 4 is 51.5 Å². The number of thiophene rings is 1. The van der Waals surface area contributed by atoms with Gasteiger partial charge in [-0.05, 0) is 31.6 Å². The van der Waals surface area contributed by atoms with Crippen LogP contribution in [-0.2, 0) is 9.47 Å². The number of esters is 2. The molecular weight excluding hydrogens is 492 g/mol. The first kappa shape index (κ1) is 26.0. The van der Waals surface area contributed by atoms with Gasteiger partial charge in [0, 0.05) is 0 Å². The number of methoxy groups -OCH3 is 2. The van der Waals surface area contributed by atoms with Crippen LogP contribution in [0.4, 0.5) is 22.6 Å². The van der Waals surface area contributed by atoms with Gasteiger partial charge in [-0.1, -0.05) is 0 Å². The second kappa shape index (κ2) is 10.6. The van der Waals surface area contributed by atoms with E-state index in [1.54, 1.807) is 6.92 Å². The molecule has 0 aliphatic heterocycles. The molecule has 33 heavy (non-hydrogen) atoms. The average Bonchev–Trinajstić information content (AvgIpc) is 3.08. The van der Waals surface area contributed by atoms with Gasteiger partial charge in [-0.2, -0.15) is 8.78 Å². The highest BCUT2D eigenvalue weighted by Gasteiger charge is 2.31. The first-order chi connectivity index (χ1) is 15.5. The fourth-order valence-electron chi connectivity index (χ4n) is 2.63. The smallest absolute Gasteiger partial charge is 0.348 e. The van der Waals surface area contributed by atoms with E-state index in [-0.39, 0.29) is 27.6 Å². The molecule has 0 saturated heterocycles. The van der Waals surface area contributed by atoms with E-state index in [4.69, 9.17) is 17.0 Å². The van der Waals surface area contributed by atoms with E-state index in [9.17, 15) is 31.9 Å². The van der Waals surface area contributed by atoms with Gasteiger partial charge in [0.1, 0.15) is 15.4 Å². The van der Waals surface area contributed by atoms with E-state index >= 15 is 0 Å². The number of ether oxygens (including phenoxy) is 3. The molecule has 0 fully saturated rings. The number of thiocarbonyl (C=S) groups is 1. The SMILES string of the molecule is CCOC(=O)c1c(NC(=S)NC(=O)c2c(F)c(F)c(OC)c(F)c2F)sc(C(=O)OC)c1C. The van der Waals surface area contributed by atoms with Gasteiger partial charge in [-0.25, -0.2) is 18.4 Å². The number of nitrogens with one attached hydrogen (secondary N) is 2. The molecule has 0 aliphatic rings. The Bertz CT molecular complexity index is 1120. The van der Waals surface area contributed by atoms with Crippen molar-refractivity contribution in [1.82, 2.24) is 5.32 Å². The van der Waals surface area contributed by atoms with Gasteiger partial charge < -0.3 is 19.5 Å². The normalized spacial score (nSPS) is 10.4. The zero-order valence-electron chi connectivity index (χ0n) is 17.5. The van der Waals surface area contributed by atoms with E-state index in [1.807, 2.05) is 5.32 Å². The molecule has 1 aromatic carbocycles. The van der Waals surface area contributed by atoms with E-state index in [2.05, 4.69) is 14.8 Å². The summed E-state index contributed by atoms with van der Waals surface area (Å²) in [4.78, 5) is 36.6. The van der Waals surface area contributed by atoms with Gasteiger partial charge in [0.2, 0.25) is 11.6 Å². The Kier molecular flexibility index (Phi) is 8.33. The minimum atomic E-state index is -2.00. The number of carbonyl (C=O) groups excluding carboxylic acids is 3. The largest absolute Gasteiger partial charge is 0.491 e. The third-order valence-electron chi connectivity index (χ3n) is 4.11. The van der Waals surface area contributed by atoms with Crippen molar-refractivity contribution in [3.63, 3.8) is 0 Å². The van der Waals surface area contributed by atoms with Gasteiger partial charge in [-0.3, -0.25) is 10.1 Å². The lowest BCUT2D eigenvalue weighted by molar-refractivity contribution is 0.0527. The van der Waals surface area contributed by atoms with E-state index in [0.29, 0.717) is 0 Å². The fraction of sp³-hybridized carbons (Fsp3) is 0.263. The third-order valence-corrected chi connectivity index (χ3v) is 5.50. The molecule has 0 unspecified atom stereocenters. The van der Waals surface area contributed by atoms with Gasteiger partial charge in [0.15, 0.2) is 22.5 Å². The topological polar surface area (TPSA) is 103 Å². The molecule has 1 amide bonds. The molecule has 1 aromatic heterocycles. The number of carbonyl (C=O) groups is 3. The van der Waals surface area contributed by atoms with Crippen LogP contribution < -0.4 is 15.4 Å². The maximum atomic E-state index is 14.2. The fourth-order valence-corrected chi connectivity index (χ4v) is 4.00. The van der Waals surface area contributed by atoms with Crippen molar-refractivity contribution in [2.75, 3.05) is 26.1 Å². The Morgan fingerprint density at radius 3 is 2.03 bits per heavy atom. The van der Waals surface area contributed by atoms with Crippen LogP contribution in [0.2, 0.25) is 0 Å². The zero-order valence-corrected chi connectivity index (χ0v) is 19.1. The quantitative estimate of drug-likeness (QED) is 0.264. The highest BCUT2D eigenvalue weighted by atomic mass is 32.1. The number of hydrogen-bond donors (Lipinski definition) is 2.